The third-order valence-corrected chi connectivity index (χ3v) is 3.23. The lowest BCUT2D eigenvalue weighted by atomic mass is 10.0. The van der Waals surface area contributed by atoms with Gasteiger partial charge < -0.3 is 35.7 Å². The van der Waals surface area contributed by atoms with Gasteiger partial charge in [-0.1, -0.05) is 30.3 Å². The van der Waals surface area contributed by atoms with Gasteiger partial charge in [-0.2, -0.15) is 0 Å². The van der Waals surface area contributed by atoms with E-state index in [2.05, 4.69) is 0 Å². The van der Waals surface area contributed by atoms with Crippen LogP contribution in [0.15, 0.2) is 30.3 Å². The number of rotatable bonds is 9. The normalized spacial score (nSPS) is 17.6. The summed E-state index contributed by atoms with van der Waals surface area (Å²) in [5.41, 5.74) is 6.52. The van der Waals surface area contributed by atoms with E-state index in [0.717, 1.165) is 5.56 Å². The van der Waals surface area contributed by atoms with Gasteiger partial charge in [-0.15, -0.1) is 0 Å². The average Bonchev–Trinajstić information content (AvgIpc) is 2.57. The molecule has 0 aromatic heterocycles. The van der Waals surface area contributed by atoms with Crippen molar-refractivity contribution in [2.75, 3.05) is 6.61 Å². The molecule has 0 bridgehead atoms. The number of carbonyl (C=O) groups excluding carboxylic acids is 2. The average molecular weight is 327 g/mol. The van der Waals surface area contributed by atoms with Crippen molar-refractivity contribution in [2.45, 2.75) is 36.9 Å². The fraction of sp³-hybridized carbons (Fsp3) is 0.467. The highest BCUT2D eigenvalue weighted by Gasteiger charge is 2.31. The Labute approximate surface area is 133 Å². The van der Waals surface area contributed by atoms with Gasteiger partial charge in [0.1, 0.15) is 37.1 Å². The Morgan fingerprint density at radius 2 is 1.74 bits per heavy atom. The second-order valence-corrected chi connectivity index (χ2v) is 5.10. The Morgan fingerprint density at radius 1 is 1.13 bits per heavy atom. The van der Waals surface area contributed by atoms with E-state index in [4.69, 9.17) is 15.6 Å². The molecule has 1 rings (SSSR count). The maximum absolute atomic E-state index is 11.7. The number of esters is 1. The van der Waals surface area contributed by atoms with Crippen LogP contribution in [-0.4, -0.2) is 69.7 Å². The number of aliphatic hydroxyl groups excluding tert-OH is 4. The Balaban J connectivity index is 2.43. The minimum absolute atomic E-state index is 0.0163. The van der Waals surface area contributed by atoms with Gasteiger partial charge in [-0.05, 0) is 12.0 Å². The van der Waals surface area contributed by atoms with Crippen LogP contribution < -0.4 is 5.73 Å². The Kier molecular flexibility index (Phi) is 7.79. The largest absolute Gasteiger partial charge is 0.462 e. The van der Waals surface area contributed by atoms with Gasteiger partial charge in [0.2, 0.25) is 0 Å². The van der Waals surface area contributed by atoms with Crippen molar-refractivity contribution in [1.82, 2.24) is 0 Å². The van der Waals surface area contributed by atoms with Crippen molar-refractivity contribution >= 4 is 12.3 Å². The molecule has 0 aliphatic rings. The first kappa shape index (κ1) is 19.2. The second kappa shape index (κ2) is 9.33. The van der Waals surface area contributed by atoms with Crippen LogP contribution in [0.5, 0.6) is 0 Å². The van der Waals surface area contributed by atoms with E-state index in [9.17, 15) is 24.9 Å². The quantitative estimate of drug-likeness (QED) is 0.252. The fourth-order valence-electron chi connectivity index (χ4n) is 1.83. The number of aldehydes is 1. The summed E-state index contributed by atoms with van der Waals surface area (Å²) in [5, 5.41) is 37.6. The summed E-state index contributed by atoms with van der Waals surface area (Å²) in [4.78, 5) is 22.0. The van der Waals surface area contributed by atoms with Crippen molar-refractivity contribution < 1.29 is 34.8 Å². The van der Waals surface area contributed by atoms with Crippen molar-refractivity contribution in [3.05, 3.63) is 35.9 Å². The monoisotopic (exact) mass is 327 g/mol. The van der Waals surface area contributed by atoms with Gasteiger partial charge in [0, 0.05) is 0 Å². The lowest BCUT2D eigenvalue weighted by Gasteiger charge is -2.24. The molecular weight excluding hydrogens is 306 g/mol. The summed E-state index contributed by atoms with van der Waals surface area (Å²) in [6.45, 7) is -0.634. The third kappa shape index (κ3) is 6.05. The number of aliphatic hydroxyl groups is 4. The van der Waals surface area contributed by atoms with Crippen molar-refractivity contribution in [2.24, 2.45) is 5.73 Å². The summed E-state index contributed by atoms with van der Waals surface area (Å²) in [6.07, 6.45) is -7.01. The van der Waals surface area contributed by atoms with Crippen LogP contribution in [0.1, 0.15) is 5.56 Å². The highest BCUT2D eigenvalue weighted by Crippen LogP contribution is 2.06. The summed E-state index contributed by atoms with van der Waals surface area (Å²) < 4.78 is 4.77. The van der Waals surface area contributed by atoms with Gasteiger partial charge in [-0.25, -0.2) is 0 Å². The van der Waals surface area contributed by atoms with Crippen LogP contribution in [0.2, 0.25) is 0 Å². The summed E-state index contributed by atoms with van der Waals surface area (Å²) in [7, 11) is 0. The molecule has 5 atom stereocenters. The van der Waals surface area contributed by atoms with E-state index in [0.29, 0.717) is 0 Å². The molecule has 0 unspecified atom stereocenters. The molecule has 6 N–H and O–H groups in total. The summed E-state index contributed by atoms with van der Waals surface area (Å²) in [5.74, 6) is -0.787. The molecule has 1 aromatic carbocycles. The van der Waals surface area contributed by atoms with Gasteiger partial charge in [0.15, 0.2) is 6.29 Å². The molecule has 0 heterocycles. The van der Waals surface area contributed by atoms with Crippen LogP contribution in [0.4, 0.5) is 0 Å². The number of benzene rings is 1. The van der Waals surface area contributed by atoms with Crippen molar-refractivity contribution in [3.8, 4) is 0 Å². The lowest BCUT2D eigenvalue weighted by Crippen LogP contribution is -2.47. The molecule has 0 aliphatic heterocycles. The number of hydrogen-bond acceptors (Lipinski definition) is 8. The van der Waals surface area contributed by atoms with Crippen LogP contribution in [0.3, 0.4) is 0 Å². The first-order chi connectivity index (χ1) is 10.9. The molecule has 1 aromatic rings. The molecule has 0 saturated heterocycles. The molecule has 0 saturated carbocycles. The van der Waals surface area contributed by atoms with E-state index in [1.807, 2.05) is 6.07 Å². The van der Waals surface area contributed by atoms with Crippen molar-refractivity contribution in [1.29, 1.82) is 0 Å². The standard InChI is InChI=1S/C15H21NO7/c16-10(6-9-4-2-1-3-5-9)15(22)23-8-12(19)14(21)13(20)11(18)7-17/h1-5,7,10-14,18-21H,6,8,16H2/t10-,11-,12+,13+,14+/m0/s1. The highest BCUT2D eigenvalue weighted by atomic mass is 16.5. The maximum atomic E-state index is 11.7. The SMILES string of the molecule is N[C@@H](Cc1ccccc1)C(=O)OC[C@@H](O)[C@@H](O)[C@H](O)[C@@H](O)C=O. The topological polar surface area (TPSA) is 150 Å². The fourth-order valence-corrected chi connectivity index (χ4v) is 1.83. The second-order valence-electron chi connectivity index (χ2n) is 5.10. The van der Waals surface area contributed by atoms with Crippen LogP contribution in [0.25, 0.3) is 0 Å². The molecule has 0 aliphatic carbocycles. The predicted molar refractivity (Wildman–Crippen MR) is 79.2 cm³/mol. The molecule has 0 spiro atoms. The third-order valence-electron chi connectivity index (χ3n) is 3.23. The zero-order valence-electron chi connectivity index (χ0n) is 12.4. The van der Waals surface area contributed by atoms with Crippen LogP contribution in [-0.2, 0) is 20.7 Å². The highest BCUT2D eigenvalue weighted by molar-refractivity contribution is 5.75. The zero-order valence-corrected chi connectivity index (χ0v) is 12.4. The molecule has 128 valence electrons. The predicted octanol–water partition coefficient (Wildman–Crippen LogP) is -2.26. The maximum Gasteiger partial charge on any atom is 0.323 e. The van der Waals surface area contributed by atoms with Crippen LogP contribution >= 0.6 is 0 Å². The molecule has 0 amide bonds. The molecular formula is C15H21NO7. The summed E-state index contributed by atoms with van der Waals surface area (Å²) in [6, 6.07) is 8.06. The van der Waals surface area contributed by atoms with E-state index in [1.54, 1.807) is 24.3 Å². The van der Waals surface area contributed by atoms with Gasteiger partial charge in [0.05, 0.1) is 0 Å². The molecule has 8 heteroatoms. The van der Waals surface area contributed by atoms with Gasteiger partial charge >= 0.3 is 5.97 Å². The lowest BCUT2D eigenvalue weighted by molar-refractivity contribution is -0.157. The van der Waals surface area contributed by atoms with Gasteiger partial charge in [0.25, 0.3) is 0 Å². The van der Waals surface area contributed by atoms with E-state index in [1.165, 1.54) is 0 Å². The number of nitrogens with two attached hydrogens (primary N) is 1. The molecule has 0 fully saturated rings. The van der Waals surface area contributed by atoms with E-state index < -0.39 is 43.0 Å². The van der Waals surface area contributed by atoms with E-state index in [-0.39, 0.29) is 12.7 Å². The smallest absolute Gasteiger partial charge is 0.323 e. The Bertz CT molecular complexity index is 496. The van der Waals surface area contributed by atoms with E-state index >= 15 is 0 Å². The number of carbonyl (C=O) groups is 2. The Hall–Kier alpha value is -1.84. The number of hydrogen-bond donors (Lipinski definition) is 5. The minimum Gasteiger partial charge on any atom is -0.462 e. The number of ether oxygens (including phenoxy) is 1. The van der Waals surface area contributed by atoms with Crippen LogP contribution in [0, 0.1) is 0 Å². The first-order valence-corrected chi connectivity index (χ1v) is 7.00. The molecule has 0 radical (unpaired) electrons. The van der Waals surface area contributed by atoms with Crippen molar-refractivity contribution in [3.63, 3.8) is 0 Å². The summed E-state index contributed by atoms with van der Waals surface area (Å²) >= 11 is 0. The molecule has 8 nitrogen and oxygen atoms in total. The van der Waals surface area contributed by atoms with Gasteiger partial charge in [-0.3, -0.25) is 4.79 Å². The minimum atomic E-state index is -1.89. The zero-order chi connectivity index (χ0) is 17.4. The first-order valence-electron chi connectivity index (χ1n) is 7.00. The molecule has 23 heavy (non-hydrogen) atoms. The Morgan fingerprint density at radius 3 is 2.30 bits per heavy atom.